The molecule has 0 aliphatic rings. The molecule has 1 N–H and O–H groups in total. The maximum Gasteiger partial charge on any atom is 0.220 e. The SMILES string of the molecule is CC(C)CC(C)(C)CC(C)(C)CC(=O)NCC(C)(C)CC(C)(C)COC(C)(C)C. The first-order chi connectivity index (χ1) is 12.6. The van der Waals surface area contributed by atoms with Crippen LogP contribution in [0.25, 0.3) is 0 Å². The minimum absolute atomic E-state index is 0.00638. The second kappa shape index (κ2) is 10.2. The van der Waals surface area contributed by atoms with E-state index in [-0.39, 0.29) is 33.2 Å². The van der Waals surface area contributed by atoms with Crippen molar-refractivity contribution in [1.82, 2.24) is 5.32 Å². The third-order valence-electron chi connectivity index (χ3n) is 5.17. The summed E-state index contributed by atoms with van der Waals surface area (Å²) in [7, 11) is 0. The summed E-state index contributed by atoms with van der Waals surface area (Å²) in [6.45, 7) is 30.4. The van der Waals surface area contributed by atoms with E-state index in [1.54, 1.807) is 0 Å². The van der Waals surface area contributed by atoms with E-state index in [4.69, 9.17) is 4.74 Å². The van der Waals surface area contributed by atoms with Gasteiger partial charge in [0.2, 0.25) is 5.91 Å². The van der Waals surface area contributed by atoms with Crippen LogP contribution in [0.5, 0.6) is 0 Å². The summed E-state index contributed by atoms with van der Waals surface area (Å²) in [5.41, 5.74) is 0.244. The molecule has 0 aliphatic carbocycles. The molecular formula is C26H53NO2. The Morgan fingerprint density at radius 1 is 0.759 bits per heavy atom. The number of nitrogens with one attached hydrogen (secondary N) is 1. The Kier molecular flexibility index (Phi) is 9.96. The molecule has 3 nitrogen and oxygen atoms in total. The van der Waals surface area contributed by atoms with Crippen LogP contribution in [0.1, 0.15) is 116 Å². The lowest BCUT2D eigenvalue weighted by Gasteiger charge is -2.38. The Bertz CT molecular complexity index is 507. The van der Waals surface area contributed by atoms with Gasteiger partial charge in [-0.25, -0.2) is 0 Å². The van der Waals surface area contributed by atoms with E-state index in [9.17, 15) is 4.79 Å². The molecule has 0 fully saturated rings. The molecule has 174 valence electrons. The molecule has 0 saturated heterocycles. The third kappa shape index (κ3) is 15.0. The van der Waals surface area contributed by atoms with Crippen molar-refractivity contribution in [2.24, 2.45) is 27.6 Å². The fourth-order valence-electron chi connectivity index (χ4n) is 5.19. The smallest absolute Gasteiger partial charge is 0.220 e. The molecule has 3 heteroatoms. The van der Waals surface area contributed by atoms with E-state index < -0.39 is 0 Å². The number of ether oxygens (including phenoxy) is 1. The van der Waals surface area contributed by atoms with Crippen LogP contribution in [0.3, 0.4) is 0 Å². The predicted octanol–water partition coefficient (Wildman–Crippen LogP) is 7.24. The quantitative estimate of drug-likeness (QED) is 0.367. The molecule has 1 amide bonds. The van der Waals surface area contributed by atoms with Crippen molar-refractivity contribution in [2.45, 2.75) is 121 Å². The van der Waals surface area contributed by atoms with Crippen molar-refractivity contribution in [1.29, 1.82) is 0 Å². The summed E-state index contributed by atoms with van der Waals surface area (Å²) in [6, 6.07) is 0. The van der Waals surface area contributed by atoms with Gasteiger partial charge >= 0.3 is 0 Å². The Morgan fingerprint density at radius 3 is 1.69 bits per heavy atom. The van der Waals surface area contributed by atoms with Crippen LogP contribution in [0.2, 0.25) is 0 Å². The van der Waals surface area contributed by atoms with Gasteiger partial charge in [-0.1, -0.05) is 69.2 Å². The minimum Gasteiger partial charge on any atom is -0.375 e. The van der Waals surface area contributed by atoms with Crippen molar-refractivity contribution in [3.63, 3.8) is 0 Å². The summed E-state index contributed by atoms with van der Waals surface area (Å²) in [4.78, 5) is 12.7. The van der Waals surface area contributed by atoms with Crippen LogP contribution in [0.4, 0.5) is 0 Å². The zero-order valence-electron chi connectivity index (χ0n) is 22.1. The molecule has 0 heterocycles. The van der Waals surface area contributed by atoms with Gasteiger partial charge < -0.3 is 10.1 Å². The molecule has 0 rings (SSSR count). The Hall–Kier alpha value is -0.570. The minimum atomic E-state index is -0.120. The first-order valence-corrected chi connectivity index (χ1v) is 11.5. The van der Waals surface area contributed by atoms with E-state index in [1.807, 2.05) is 0 Å². The molecule has 0 aromatic heterocycles. The van der Waals surface area contributed by atoms with E-state index in [1.165, 1.54) is 6.42 Å². The number of carbonyl (C=O) groups excluding carboxylic acids is 1. The first-order valence-electron chi connectivity index (χ1n) is 11.5. The molecule has 0 aromatic carbocycles. The molecule has 0 radical (unpaired) electrons. The second-order valence-corrected chi connectivity index (χ2v) is 14.0. The van der Waals surface area contributed by atoms with Gasteiger partial charge in [0.05, 0.1) is 12.2 Å². The highest BCUT2D eigenvalue weighted by Crippen LogP contribution is 2.40. The first kappa shape index (κ1) is 28.4. The molecule has 0 unspecified atom stereocenters. The van der Waals surface area contributed by atoms with Crippen LogP contribution < -0.4 is 5.32 Å². The van der Waals surface area contributed by atoms with Gasteiger partial charge in [-0.15, -0.1) is 0 Å². The van der Waals surface area contributed by atoms with Crippen molar-refractivity contribution in [3.8, 4) is 0 Å². The zero-order valence-corrected chi connectivity index (χ0v) is 22.1. The molecule has 0 bridgehead atoms. The lowest BCUT2D eigenvalue weighted by molar-refractivity contribution is -0.124. The molecule has 0 spiro atoms. The third-order valence-corrected chi connectivity index (χ3v) is 5.17. The second-order valence-electron chi connectivity index (χ2n) is 14.0. The van der Waals surface area contributed by atoms with Crippen LogP contribution >= 0.6 is 0 Å². The highest BCUT2D eigenvalue weighted by atomic mass is 16.5. The van der Waals surface area contributed by atoms with Gasteiger partial charge in [0.25, 0.3) is 0 Å². The topological polar surface area (TPSA) is 38.3 Å². The summed E-state index contributed by atoms with van der Waals surface area (Å²) in [5.74, 6) is 0.855. The van der Waals surface area contributed by atoms with Crippen molar-refractivity contribution >= 4 is 5.91 Å². The average molecular weight is 412 g/mol. The van der Waals surface area contributed by atoms with Crippen LogP contribution in [-0.2, 0) is 9.53 Å². The Morgan fingerprint density at radius 2 is 1.24 bits per heavy atom. The number of amides is 1. The number of hydrogen-bond donors (Lipinski definition) is 1. The lowest BCUT2D eigenvalue weighted by Crippen LogP contribution is -2.40. The molecule has 0 aliphatic heterocycles. The van der Waals surface area contributed by atoms with Crippen molar-refractivity contribution < 1.29 is 9.53 Å². The van der Waals surface area contributed by atoms with E-state index >= 15 is 0 Å². The fourth-order valence-corrected chi connectivity index (χ4v) is 5.19. The highest BCUT2D eigenvalue weighted by Gasteiger charge is 2.33. The summed E-state index contributed by atoms with van der Waals surface area (Å²) < 4.78 is 6.02. The van der Waals surface area contributed by atoms with Gasteiger partial charge in [-0.2, -0.15) is 0 Å². The molecule has 0 aromatic rings. The van der Waals surface area contributed by atoms with Crippen LogP contribution in [0.15, 0.2) is 0 Å². The zero-order chi connectivity index (χ0) is 23.3. The van der Waals surface area contributed by atoms with Gasteiger partial charge in [0.15, 0.2) is 0 Å². The van der Waals surface area contributed by atoms with Gasteiger partial charge in [-0.3, -0.25) is 4.79 Å². The van der Waals surface area contributed by atoms with Gasteiger partial charge in [-0.05, 0) is 67.6 Å². The maximum absolute atomic E-state index is 12.7. The number of rotatable bonds is 12. The van der Waals surface area contributed by atoms with E-state index in [0.717, 1.165) is 19.4 Å². The van der Waals surface area contributed by atoms with Crippen LogP contribution in [-0.4, -0.2) is 24.7 Å². The molecule has 0 saturated carbocycles. The Labute approximate surface area is 183 Å². The Balaban J connectivity index is 4.66. The molecular weight excluding hydrogens is 358 g/mol. The lowest BCUT2D eigenvalue weighted by atomic mass is 9.70. The number of hydrogen-bond acceptors (Lipinski definition) is 2. The predicted molar refractivity (Wildman–Crippen MR) is 127 cm³/mol. The fraction of sp³-hybridized carbons (Fsp3) is 0.962. The van der Waals surface area contributed by atoms with Gasteiger partial charge in [0.1, 0.15) is 0 Å². The maximum atomic E-state index is 12.7. The van der Waals surface area contributed by atoms with Crippen LogP contribution in [0, 0.1) is 27.6 Å². The molecule has 0 atom stereocenters. The van der Waals surface area contributed by atoms with E-state index in [2.05, 4.69) is 95.3 Å². The number of carbonyl (C=O) groups is 1. The summed E-state index contributed by atoms with van der Waals surface area (Å²) in [5, 5.41) is 3.22. The summed E-state index contributed by atoms with van der Waals surface area (Å²) in [6.07, 6.45) is 3.84. The standard InChI is InChI=1S/C26H53NO2/c1-20(2)14-23(6,7)16-24(8,9)15-21(28)27-18-25(10,11)17-26(12,13)19-29-22(3,4)5/h20H,14-19H2,1-13H3,(H,27,28). The summed E-state index contributed by atoms with van der Waals surface area (Å²) >= 11 is 0. The highest BCUT2D eigenvalue weighted by molar-refractivity contribution is 5.76. The molecule has 29 heavy (non-hydrogen) atoms. The average Bonchev–Trinajstić information content (AvgIpc) is 2.38. The van der Waals surface area contributed by atoms with Crippen molar-refractivity contribution in [2.75, 3.05) is 13.2 Å². The van der Waals surface area contributed by atoms with Crippen molar-refractivity contribution in [3.05, 3.63) is 0 Å². The largest absolute Gasteiger partial charge is 0.375 e. The van der Waals surface area contributed by atoms with Gasteiger partial charge in [0, 0.05) is 13.0 Å². The monoisotopic (exact) mass is 411 g/mol. The van der Waals surface area contributed by atoms with E-state index in [0.29, 0.717) is 18.9 Å². The normalized spacial score (nSPS) is 14.4.